The highest BCUT2D eigenvalue weighted by Gasteiger charge is 2.38. The van der Waals surface area contributed by atoms with E-state index in [1.807, 2.05) is 0 Å². The number of nitrogens with one attached hydrogen (secondary N) is 1. The van der Waals surface area contributed by atoms with Gasteiger partial charge in [-0.25, -0.2) is 0 Å². The van der Waals surface area contributed by atoms with Crippen molar-refractivity contribution in [3.8, 4) is 0 Å². The van der Waals surface area contributed by atoms with Gasteiger partial charge in [-0.15, -0.1) is 0 Å². The van der Waals surface area contributed by atoms with Gasteiger partial charge < -0.3 is 15.3 Å². The first-order valence-corrected chi connectivity index (χ1v) is 5.95. The van der Waals surface area contributed by atoms with Crippen LogP contribution >= 0.6 is 0 Å². The monoisotopic (exact) mass is 256 g/mol. The summed E-state index contributed by atoms with van der Waals surface area (Å²) in [6.45, 7) is 7.37. The first kappa shape index (κ1) is 14.5. The van der Waals surface area contributed by atoms with Gasteiger partial charge in [-0.3, -0.25) is 14.4 Å². The number of rotatable bonds is 3. The van der Waals surface area contributed by atoms with Crippen molar-refractivity contribution in [1.29, 1.82) is 0 Å². The topological polar surface area (TPSA) is 86.7 Å². The molecule has 1 heterocycles. The molecule has 18 heavy (non-hydrogen) atoms. The number of carbonyl (C=O) groups excluding carboxylic acids is 2. The summed E-state index contributed by atoms with van der Waals surface area (Å²) in [5.74, 6) is -1.78. The molecule has 0 spiro atoms. The van der Waals surface area contributed by atoms with Crippen molar-refractivity contribution >= 4 is 17.8 Å². The zero-order valence-electron chi connectivity index (χ0n) is 11.2. The summed E-state index contributed by atoms with van der Waals surface area (Å²) < 4.78 is 0. The smallest absolute Gasteiger partial charge is 0.310 e. The third-order valence-electron chi connectivity index (χ3n) is 2.94. The molecule has 6 nitrogen and oxygen atoms in total. The minimum atomic E-state index is -0.884. The van der Waals surface area contributed by atoms with Crippen LogP contribution in [0.5, 0.6) is 0 Å². The van der Waals surface area contributed by atoms with E-state index >= 15 is 0 Å². The van der Waals surface area contributed by atoms with Crippen molar-refractivity contribution in [2.75, 3.05) is 13.1 Å². The Kier molecular flexibility index (Phi) is 3.98. The van der Waals surface area contributed by atoms with E-state index in [1.165, 1.54) is 4.90 Å². The second-order valence-electron chi connectivity index (χ2n) is 5.72. The Balaban J connectivity index is 2.45. The molecule has 1 rings (SSSR count). The number of nitrogens with zero attached hydrogens (tertiary/aromatic N) is 1. The normalized spacial score (nSPS) is 17.9. The Morgan fingerprint density at radius 2 is 1.78 bits per heavy atom. The highest BCUT2D eigenvalue weighted by atomic mass is 16.4. The Hall–Kier alpha value is -1.59. The second-order valence-corrected chi connectivity index (χ2v) is 5.72. The van der Waals surface area contributed by atoms with E-state index in [-0.39, 0.29) is 24.9 Å². The third kappa shape index (κ3) is 3.21. The Morgan fingerprint density at radius 1 is 1.28 bits per heavy atom. The van der Waals surface area contributed by atoms with Gasteiger partial charge in [0.15, 0.2) is 0 Å². The molecular weight excluding hydrogens is 236 g/mol. The van der Waals surface area contributed by atoms with Crippen molar-refractivity contribution in [1.82, 2.24) is 10.2 Å². The minimum Gasteiger partial charge on any atom is -0.481 e. The van der Waals surface area contributed by atoms with Gasteiger partial charge in [-0.05, 0) is 6.92 Å². The van der Waals surface area contributed by atoms with Gasteiger partial charge in [0.25, 0.3) is 0 Å². The number of carbonyl (C=O) groups is 3. The highest BCUT2D eigenvalue weighted by Crippen LogP contribution is 2.17. The molecule has 1 aliphatic heterocycles. The number of aliphatic carboxylic acids is 1. The highest BCUT2D eigenvalue weighted by molar-refractivity contribution is 5.90. The number of likely N-dealkylation sites (tertiary alicyclic amines) is 1. The summed E-state index contributed by atoms with van der Waals surface area (Å²) in [7, 11) is 0. The summed E-state index contributed by atoms with van der Waals surface area (Å²) in [4.78, 5) is 35.7. The molecule has 0 radical (unpaired) electrons. The lowest BCUT2D eigenvalue weighted by molar-refractivity contribution is -0.154. The first-order valence-electron chi connectivity index (χ1n) is 5.95. The average molecular weight is 256 g/mol. The Bertz CT molecular complexity index is 367. The predicted molar refractivity (Wildman–Crippen MR) is 64.8 cm³/mol. The van der Waals surface area contributed by atoms with Crippen LogP contribution in [-0.2, 0) is 14.4 Å². The van der Waals surface area contributed by atoms with E-state index in [2.05, 4.69) is 5.32 Å². The fraction of sp³-hybridized carbons (Fsp3) is 0.750. The van der Waals surface area contributed by atoms with Crippen molar-refractivity contribution in [2.45, 2.75) is 33.7 Å². The van der Waals surface area contributed by atoms with E-state index in [1.54, 1.807) is 27.7 Å². The van der Waals surface area contributed by atoms with Crippen LogP contribution in [-0.4, -0.2) is 46.9 Å². The van der Waals surface area contributed by atoms with Gasteiger partial charge in [0.1, 0.15) is 6.04 Å². The van der Waals surface area contributed by atoms with Crippen LogP contribution in [0.1, 0.15) is 27.7 Å². The number of hydrogen-bond acceptors (Lipinski definition) is 3. The van der Waals surface area contributed by atoms with E-state index < -0.39 is 23.3 Å². The molecule has 0 bridgehead atoms. The van der Waals surface area contributed by atoms with Crippen LogP contribution in [0.25, 0.3) is 0 Å². The van der Waals surface area contributed by atoms with Gasteiger partial charge in [0, 0.05) is 18.5 Å². The predicted octanol–water partition coefficient (Wildman–Crippen LogP) is 0.0802. The molecule has 0 aromatic heterocycles. The van der Waals surface area contributed by atoms with Crippen molar-refractivity contribution in [3.63, 3.8) is 0 Å². The van der Waals surface area contributed by atoms with Crippen molar-refractivity contribution < 1.29 is 19.5 Å². The van der Waals surface area contributed by atoms with Crippen molar-refractivity contribution in [3.05, 3.63) is 0 Å². The first-order chi connectivity index (χ1) is 8.12. The van der Waals surface area contributed by atoms with Gasteiger partial charge in [-0.1, -0.05) is 20.8 Å². The quantitative estimate of drug-likeness (QED) is 0.748. The maximum atomic E-state index is 11.9. The average Bonchev–Trinajstić information content (AvgIpc) is 2.12. The summed E-state index contributed by atoms with van der Waals surface area (Å²) in [6.07, 6.45) is 0. The molecule has 102 valence electrons. The van der Waals surface area contributed by atoms with Gasteiger partial charge in [-0.2, -0.15) is 0 Å². The molecule has 0 saturated carbocycles. The van der Waals surface area contributed by atoms with Gasteiger partial charge in [0.2, 0.25) is 11.8 Å². The summed E-state index contributed by atoms with van der Waals surface area (Å²) >= 11 is 0. The standard InChI is InChI=1S/C12H20N2O4/c1-7(13-11(18)12(2,3)4)9(15)14-5-8(6-14)10(16)17/h7-8H,5-6H2,1-4H3,(H,13,18)(H,16,17). The fourth-order valence-electron chi connectivity index (χ4n) is 1.56. The molecule has 1 aliphatic rings. The van der Waals surface area contributed by atoms with Crippen LogP contribution in [0.3, 0.4) is 0 Å². The molecular formula is C12H20N2O4. The number of carboxylic acids is 1. The van der Waals surface area contributed by atoms with E-state index in [0.29, 0.717) is 0 Å². The molecule has 2 amide bonds. The zero-order chi connectivity index (χ0) is 14.1. The molecule has 0 aromatic carbocycles. The lowest BCUT2D eigenvalue weighted by Crippen LogP contribution is -2.58. The molecule has 0 aromatic rings. The third-order valence-corrected chi connectivity index (χ3v) is 2.94. The summed E-state index contributed by atoms with van der Waals surface area (Å²) in [6, 6.07) is -0.619. The lowest BCUT2D eigenvalue weighted by atomic mass is 9.95. The second kappa shape index (κ2) is 4.96. The number of amides is 2. The summed E-state index contributed by atoms with van der Waals surface area (Å²) in [5.41, 5.74) is -0.549. The number of carboxylic acid groups (broad SMARTS) is 1. The van der Waals surface area contributed by atoms with Crippen LogP contribution in [0.4, 0.5) is 0 Å². The molecule has 2 N–H and O–H groups in total. The van der Waals surface area contributed by atoms with Crippen LogP contribution < -0.4 is 5.32 Å². The fourth-order valence-corrected chi connectivity index (χ4v) is 1.56. The molecule has 1 fully saturated rings. The zero-order valence-corrected chi connectivity index (χ0v) is 11.2. The van der Waals surface area contributed by atoms with Crippen LogP contribution in [0.15, 0.2) is 0 Å². The minimum absolute atomic E-state index is 0.196. The van der Waals surface area contributed by atoms with Crippen LogP contribution in [0, 0.1) is 11.3 Å². The number of hydrogen-bond donors (Lipinski definition) is 2. The molecule has 1 atom stereocenters. The SMILES string of the molecule is CC(NC(=O)C(C)(C)C)C(=O)N1CC(C(=O)O)C1. The van der Waals surface area contributed by atoms with E-state index in [4.69, 9.17) is 5.11 Å². The summed E-state index contributed by atoms with van der Waals surface area (Å²) in [5, 5.41) is 11.4. The van der Waals surface area contributed by atoms with E-state index in [0.717, 1.165) is 0 Å². The van der Waals surface area contributed by atoms with Gasteiger partial charge >= 0.3 is 5.97 Å². The molecule has 1 unspecified atom stereocenters. The molecule has 6 heteroatoms. The maximum absolute atomic E-state index is 11.9. The Labute approximate surface area is 106 Å². The molecule has 0 aliphatic carbocycles. The molecule has 1 saturated heterocycles. The maximum Gasteiger partial charge on any atom is 0.310 e. The van der Waals surface area contributed by atoms with E-state index in [9.17, 15) is 14.4 Å². The van der Waals surface area contributed by atoms with Gasteiger partial charge in [0.05, 0.1) is 5.92 Å². The van der Waals surface area contributed by atoms with Crippen LogP contribution in [0.2, 0.25) is 0 Å². The lowest BCUT2D eigenvalue weighted by Gasteiger charge is -2.38. The van der Waals surface area contributed by atoms with Crippen molar-refractivity contribution in [2.24, 2.45) is 11.3 Å². The Morgan fingerprint density at radius 3 is 2.17 bits per heavy atom. The largest absolute Gasteiger partial charge is 0.481 e.